The van der Waals surface area contributed by atoms with Crippen molar-refractivity contribution in [1.29, 1.82) is 0 Å². The van der Waals surface area contributed by atoms with Crippen LogP contribution in [-0.2, 0) is 6.54 Å². The second kappa shape index (κ2) is 4.14. The maximum absolute atomic E-state index is 6.02. The summed E-state index contributed by atoms with van der Waals surface area (Å²) < 4.78 is 4.56. The summed E-state index contributed by atoms with van der Waals surface area (Å²) >= 11 is 6.02. The van der Waals surface area contributed by atoms with Crippen LogP contribution in [0.2, 0.25) is 5.02 Å². The Labute approximate surface area is 116 Å². The van der Waals surface area contributed by atoms with E-state index in [1.54, 1.807) is 0 Å². The van der Waals surface area contributed by atoms with E-state index in [9.17, 15) is 0 Å². The predicted octanol–water partition coefficient (Wildman–Crippen LogP) is 3.87. The maximum atomic E-state index is 6.02. The zero-order valence-corrected chi connectivity index (χ0v) is 11.2. The quantitative estimate of drug-likeness (QED) is 0.709. The highest BCUT2D eigenvalue weighted by molar-refractivity contribution is 6.31. The SMILES string of the molecule is Clc1ccc2c(ccn2Cc2cncn2C2CC2)c1. The van der Waals surface area contributed by atoms with Crippen molar-refractivity contribution >= 4 is 22.5 Å². The van der Waals surface area contributed by atoms with Gasteiger partial charge in [-0.2, -0.15) is 0 Å². The molecule has 0 atom stereocenters. The molecule has 0 amide bonds. The van der Waals surface area contributed by atoms with Crippen LogP contribution in [0, 0.1) is 0 Å². The van der Waals surface area contributed by atoms with Crippen molar-refractivity contribution in [2.24, 2.45) is 0 Å². The molecule has 3 nitrogen and oxygen atoms in total. The molecule has 0 bridgehead atoms. The van der Waals surface area contributed by atoms with E-state index in [4.69, 9.17) is 11.6 Å². The highest BCUT2D eigenvalue weighted by Crippen LogP contribution is 2.36. The van der Waals surface area contributed by atoms with E-state index in [0.29, 0.717) is 6.04 Å². The molecule has 3 aromatic rings. The van der Waals surface area contributed by atoms with Gasteiger partial charge in [0, 0.05) is 34.4 Å². The molecule has 2 aromatic heterocycles. The lowest BCUT2D eigenvalue weighted by atomic mass is 10.2. The van der Waals surface area contributed by atoms with Gasteiger partial charge in [-0.3, -0.25) is 0 Å². The third kappa shape index (κ3) is 1.94. The van der Waals surface area contributed by atoms with Crippen LogP contribution in [0.1, 0.15) is 24.6 Å². The van der Waals surface area contributed by atoms with E-state index < -0.39 is 0 Å². The van der Waals surface area contributed by atoms with E-state index in [2.05, 4.69) is 32.4 Å². The smallest absolute Gasteiger partial charge is 0.0951 e. The number of fused-ring (bicyclic) bond motifs is 1. The van der Waals surface area contributed by atoms with E-state index in [0.717, 1.165) is 11.6 Å². The molecule has 4 rings (SSSR count). The van der Waals surface area contributed by atoms with Crippen molar-refractivity contribution in [1.82, 2.24) is 14.1 Å². The van der Waals surface area contributed by atoms with Gasteiger partial charge in [0.25, 0.3) is 0 Å². The fourth-order valence-corrected chi connectivity index (χ4v) is 2.80. The van der Waals surface area contributed by atoms with Crippen LogP contribution in [0.15, 0.2) is 43.0 Å². The van der Waals surface area contributed by atoms with Gasteiger partial charge in [0.2, 0.25) is 0 Å². The van der Waals surface area contributed by atoms with Crippen molar-refractivity contribution in [3.63, 3.8) is 0 Å². The van der Waals surface area contributed by atoms with Crippen LogP contribution in [0.4, 0.5) is 0 Å². The summed E-state index contributed by atoms with van der Waals surface area (Å²) in [5, 5.41) is 1.97. The van der Waals surface area contributed by atoms with Crippen molar-refractivity contribution in [3.05, 3.63) is 53.7 Å². The molecule has 0 aliphatic heterocycles. The minimum Gasteiger partial charge on any atom is -0.341 e. The number of hydrogen-bond donors (Lipinski definition) is 0. The Hall–Kier alpha value is -1.74. The summed E-state index contributed by atoms with van der Waals surface area (Å²) in [5.41, 5.74) is 2.49. The van der Waals surface area contributed by atoms with Gasteiger partial charge in [-0.05, 0) is 37.1 Å². The molecule has 4 heteroatoms. The molecule has 1 aliphatic rings. The number of aromatic nitrogens is 3. The molecule has 0 N–H and O–H groups in total. The zero-order chi connectivity index (χ0) is 12.8. The Morgan fingerprint density at radius 3 is 3.00 bits per heavy atom. The van der Waals surface area contributed by atoms with E-state index in [1.165, 1.54) is 29.4 Å². The second-order valence-corrected chi connectivity index (χ2v) is 5.61. The lowest BCUT2D eigenvalue weighted by molar-refractivity contribution is 0.665. The first-order valence-corrected chi connectivity index (χ1v) is 6.94. The Balaban J connectivity index is 1.72. The predicted molar refractivity (Wildman–Crippen MR) is 76.5 cm³/mol. The third-order valence-corrected chi connectivity index (χ3v) is 3.99. The first kappa shape index (κ1) is 11.1. The number of benzene rings is 1. The van der Waals surface area contributed by atoms with Crippen molar-refractivity contribution in [2.45, 2.75) is 25.4 Å². The molecule has 1 aliphatic carbocycles. The van der Waals surface area contributed by atoms with E-state index in [-0.39, 0.29) is 0 Å². The number of imidazole rings is 1. The molecule has 19 heavy (non-hydrogen) atoms. The summed E-state index contributed by atoms with van der Waals surface area (Å²) in [6, 6.07) is 8.81. The Bertz CT molecular complexity index is 737. The molecule has 0 spiro atoms. The summed E-state index contributed by atoms with van der Waals surface area (Å²) in [6.45, 7) is 0.863. The fraction of sp³-hybridized carbons (Fsp3) is 0.267. The molecule has 1 saturated carbocycles. The summed E-state index contributed by atoms with van der Waals surface area (Å²) in [4.78, 5) is 4.29. The van der Waals surface area contributed by atoms with Gasteiger partial charge >= 0.3 is 0 Å². The van der Waals surface area contributed by atoms with Crippen LogP contribution in [0.5, 0.6) is 0 Å². The van der Waals surface area contributed by atoms with Crippen LogP contribution in [0.25, 0.3) is 10.9 Å². The lowest BCUT2D eigenvalue weighted by Crippen LogP contribution is -2.04. The first-order chi connectivity index (χ1) is 9.31. The molecule has 1 aromatic carbocycles. The van der Waals surface area contributed by atoms with Crippen molar-refractivity contribution in [3.8, 4) is 0 Å². The van der Waals surface area contributed by atoms with Crippen molar-refractivity contribution < 1.29 is 0 Å². The average Bonchev–Trinajstić information content (AvgIpc) is 3.02. The van der Waals surface area contributed by atoms with Crippen LogP contribution in [0.3, 0.4) is 0 Å². The molecule has 2 heterocycles. The molecular formula is C15H14ClN3. The number of halogens is 1. The standard InChI is InChI=1S/C15H14ClN3/c16-12-1-4-15-11(7-12)5-6-18(15)9-14-8-17-10-19(14)13-2-3-13/h1,4-8,10,13H,2-3,9H2. The minimum absolute atomic E-state index is 0.675. The molecular weight excluding hydrogens is 258 g/mol. The summed E-state index contributed by atoms with van der Waals surface area (Å²) in [5.74, 6) is 0. The van der Waals surface area contributed by atoms with E-state index >= 15 is 0 Å². The van der Waals surface area contributed by atoms with Gasteiger partial charge in [0.15, 0.2) is 0 Å². The third-order valence-electron chi connectivity index (χ3n) is 3.75. The number of rotatable bonds is 3. The summed E-state index contributed by atoms with van der Waals surface area (Å²) in [7, 11) is 0. The summed E-state index contributed by atoms with van der Waals surface area (Å²) in [6.07, 6.45) is 8.61. The minimum atomic E-state index is 0.675. The van der Waals surface area contributed by atoms with Gasteiger partial charge in [-0.25, -0.2) is 4.98 Å². The number of nitrogens with zero attached hydrogens (tertiary/aromatic N) is 3. The Kier molecular flexibility index (Phi) is 2.42. The second-order valence-electron chi connectivity index (χ2n) is 5.17. The molecule has 1 fully saturated rings. The van der Waals surface area contributed by atoms with Gasteiger partial charge < -0.3 is 9.13 Å². The van der Waals surface area contributed by atoms with Gasteiger partial charge in [0.1, 0.15) is 0 Å². The highest BCUT2D eigenvalue weighted by Gasteiger charge is 2.25. The van der Waals surface area contributed by atoms with Crippen LogP contribution >= 0.6 is 11.6 Å². The largest absolute Gasteiger partial charge is 0.341 e. The molecule has 96 valence electrons. The van der Waals surface area contributed by atoms with Gasteiger partial charge in [0.05, 0.1) is 18.6 Å². The first-order valence-electron chi connectivity index (χ1n) is 6.56. The Morgan fingerprint density at radius 1 is 1.26 bits per heavy atom. The van der Waals surface area contributed by atoms with Gasteiger partial charge in [-0.15, -0.1) is 0 Å². The van der Waals surface area contributed by atoms with Crippen LogP contribution in [-0.4, -0.2) is 14.1 Å². The topological polar surface area (TPSA) is 22.8 Å². The highest BCUT2D eigenvalue weighted by atomic mass is 35.5. The van der Waals surface area contributed by atoms with Crippen LogP contribution < -0.4 is 0 Å². The number of hydrogen-bond acceptors (Lipinski definition) is 1. The van der Waals surface area contributed by atoms with Crippen molar-refractivity contribution in [2.75, 3.05) is 0 Å². The van der Waals surface area contributed by atoms with E-state index in [1.807, 2.05) is 24.7 Å². The fourth-order valence-electron chi connectivity index (χ4n) is 2.62. The molecule has 0 saturated heterocycles. The average molecular weight is 272 g/mol. The maximum Gasteiger partial charge on any atom is 0.0951 e. The molecule has 0 radical (unpaired) electrons. The Morgan fingerprint density at radius 2 is 2.16 bits per heavy atom. The monoisotopic (exact) mass is 271 g/mol. The normalized spacial score (nSPS) is 15.2. The zero-order valence-electron chi connectivity index (χ0n) is 10.5. The lowest BCUT2D eigenvalue weighted by Gasteiger charge is -2.09. The van der Waals surface area contributed by atoms with Gasteiger partial charge in [-0.1, -0.05) is 11.6 Å². The molecule has 0 unspecified atom stereocenters.